The predicted octanol–water partition coefficient (Wildman–Crippen LogP) is 0.456. The lowest BCUT2D eigenvalue weighted by Gasteiger charge is -2.05. The molecule has 6 heteroatoms. The molecule has 0 atom stereocenters. The van der Waals surface area contributed by atoms with Gasteiger partial charge in [0, 0.05) is 6.07 Å². The molecule has 1 aromatic carbocycles. The number of amides is 1. The Hall–Kier alpha value is -2.13. The van der Waals surface area contributed by atoms with Crippen LogP contribution in [0.5, 0.6) is 5.75 Å². The van der Waals surface area contributed by atoms with Gasteiger partial charge in [-0.1, -0.05) is 0 Å². The van der Waals surface area contributed by atoms with E-state index in [9.17, 15) is 9.18 Å². The second kappa shape index (κ2) is 5.68. The number of carbonyl (C=O) groups excluding carboxylic acids is 1. The number of nitrogens with zero attached hydrogens (tertiary/aromatic N) is 1. The van der Waals surface area contributed by atoms with Crippen LogP contribution in [0.25, 0.3) is 0 Å². The molecule has 0 radical (unpaired) electrons. The molecule has 1 rings (SSSR count). The molecule has 16 heavy (non-hydrogen) atoms. The first-order chi connectivity index (χ1) is 7.67. The van der Waals surface area contributed by atoms with Crippen LogP contribution in [-0.4, -0.2) is 12.5 Å². The Morgan fingerprint density at radius 2 is 2.38 bits per heavy atom. The highest BCUT2D eigenvalue weighted by molar-refractivity contribution is 5.75. The van der Waals surface area contributed by atoms with Gasteiger partial charge in [0.15, 0.2) is 0 Å². The summed E-state index contributed by atoms with van der Waals surface area (Å²) in [6, 6.07) is 5.56. The molecule has 0 saturated carbocycles. The summed E-state index contributed by atoms with van der Waals surface area (Å²) in [6.45, 7) is 0.0916. The van der Waals surface area contributed by atoms with Gasteiger partial charge in [0.05, 0.1) is 18.6 Å². The molecule has 0 aromatic heterocycles. The third kappa shape index (κ3) is 3.22. The van der Waals surface area contributed by atoms with E-state index in [1.807, 2.05) is 5.43 Å². The van der Waals surface area contributed by atoms with E-state index >= 15 is 0 Å². The van der Waals surface area contributed by atoms with Gasteiger partial charge in [-0.05, 0) is 12.1 Å². The van der Waals surface area contributed by atoms with E-state index in [4.69, 9.17) is 15.8 Å². The second-order valence-electron chi connectivity index (χ2n) is 2.92. The molecule has 0 spiro atoms. The summed E-state index contributed by atoms with van der Waals surface area (Å²) in [7, 11) is 0. The van der Waals surface area contributed by atoms with E-state index in [0.29, 0.717) is 0 Å². The van der Waals surface area contributed by atoms with Crippen LogP contribution in [-0.2, 0) is 4.79 Å². The van der Waals surface area contributed by atoms with Gasteiger partial charge in [-0.3, -0.25) is 10.2 Å². The lowest BCUT2D eigenvalue weighted by atomic mass is 10.2. The van der Waals surface area contributed by atoms with E-state index in [2.05, 4.69) is 0 Å². The summed E-state index contributed by atoms with van der Waals surface area (Å²) < 4.78 is 18.2. The number of hydrogen-bond acceptors (Lipinski definition) is 4. The normalized spacial score (nSPS) is 9.31. The molecule has 0 saturated heterocycles. The summed E-state index contributed by atoms with van der Waals surface area (Å²) in [6.07, 6.45) is 0.0815. The molecule has 1 amide bonds. The molecule has 0 heterocycles. The van der Waals surface area contributed by atoms with E-state index in [-0.39, 0.29) is 30.2 Å². The SMILES string of the molecule is N#Cc1ccc(OCCC(=O)NN)cc1F. The first kappa shape index (κ1) is 11.9. The van der Waals surface area contributed by atoms with E-state index in [1.165, 1.54) is 12.1 Å². The van der Waals surface area contributed by atoms with Gasteiger partial charge in [0.25, 0.3) is 0 Å². The average Bonchev–Trinajstić information content (AvgIpc) is 2.29. The Balaban J connectivity index is 2.53. The minimum absolute atomic E-state index is 0.0490. The van der Waals surface area contributed by atoms with Crippen LogP contribution in [0.3, 0.4) is 0 Å². The highest BCUT2D eigenvalue weighted by Gasteiger charge is 2.04. The first-order valence-corrected chi connectivity index (χ1v) is 4.49. The monoisotopic (exact) mass is 223 g/mol. The van der Waals surface area contributed by atoms with Gasteiger partial charge in [0.2, 0.25) is 5.91 Å². The average molecular weight is 223 g/mol. The number of nitrogens with two attached hydrogens (primary N) is 1. The van der Waals surface area contributed by atoms with Crippen molar-refractivity contribution in [2.24, 2.45) is 5.84 Å². The minimum Gasteiger partial charge on any atom is -0.493 e. The molecule has 84 valence electrons. The number of ether oxygens (including phenoxy) is 1. The zero-order valence-electron chi connectivity index (χ0n) is 8.37. The number of rotatable bonds is 4. The fourth-order valence-corrected chi connectivity index (χ4v) is 1.01. The van der Waals surface area contributed by atoms with E-state index in [1.54, 1.807) is 6.07 Å². The van der Waals surface area contributed by atoms with Gasteiger partial charge < -0.3 is 4.74 Å². The van der Waals surface area contributed by atoms with Crippen molar-refractivity contribution < 1.29 is 13.9 Å². The molecule has 5 nitrogen and oxygen atoms in total. The Morgan fingerprint density at radius 3 is 2.94 bits per heavy atom. The highest BCUT2D eigenvalue weighted by Crippen LogP contribution is 2.15. The molecule has 0 aliphatic rings. The van der Waals surface area contributed by atoms with Gasteiger partial charge in [0.1, 0.15) is 17.6 Å². The van der Waals surface area contributed by atoms with Crippen molar-refractivity contribution >= 4 is 5.91 Å². The summed E-state index contributed by atoms with van der Waals surface area (Å²) in [4.78, 5) is 10.7. The predicted molar refractivity (Wildman–Crippen MR) is 53.6 cm³/mol. The molecule has 0 aliphatic carbocycles. The number of benzene rings is 1. The fraction of sp³-hybridized carbons (Fsp3) is 0.200. The Bertz CT molecular complexity index is 429. The Labute approximate surface area is 91.6 Å². The van der Waals surface area contributed by atoms with Crippen molar-refractivity contribution in [1.82, 2.24) is 5.43 Å². The van der Waals surface area contributed by atoms with Gasteiger partial charge in [-0.15, -0.1) is 0 Å². The van der Waals surface area contributed by atoms with Crippen molar-refractivity contribution in [3.05, 3.63) is 29.6 Å². The third-order valence-corrected chi connectivity index (χ3v) is 1.82. The number of hydrazine groups is 1. The van der Waals surface area contributed by atoms with Crippen LogP contribution >= 0.6 is 0 Å². The van der Waals surface area contributed by atoms with Crippen LogP contribution in [0, 0.1) is 17.1 Å². The van der Waals surface area contributed by atoms with Crippen LogP contribution in [0.15, 0.2) is 18.2 Å². The number of nitrogens with one attached hydrogen (secondary N) is 1. The lowest BCUT2D eigenvalue weighted by Crippen LogP contribution is -2.31. The Kier molecular flexibility index (Phi) is 4.24. The molecule has 0 fully saturated rings. The summed E-state index contributed by atoms with van der Waals surface area (Å²) in [5, 5.41) is 8.49. The largest absolute Gasteiger partial charge is 0.493 e. The topological polar surface area (TPSA) is 88.1 Å². The van der Waals surface area contributed by atoms with Crippen LogP contribution in [0.4, 0.5) is 4.39 Å². The van der Waals surface area contributed by atoms with Crippen LogP contribution in [0.1, 0.15) is 12.0 Å². The van der Waals surface area contributed by atoms with Crippen LogP contribution < -0.4 is 16.0 Å². The number of carbonyl (C=O) groups is 1. The molecule has 0 aliphatic heterocycles. The summed E-state index contributed by atoms with van der Waals surface area (Å²) in [5.41, 5.74) is 1.90. The van der Waals surface area contributed by atoms with Crippen molar-refractivity contribution in [3.8, 4) is 11.8 Å². The molecular weight excluding hydrogens is 213 g/mol. The fourth-order valence-electron chi connectivity index (χ4n) is 1.01. The highest BCUT2D eigenvalue weighted by atomic mass is 19.1. The molecule has 0 unspecified atom stereocenters. The maximum Gasteiger partial charge on any atom is 0.237 e. The zero-order chi connectivity index (χ0) is 12.0. The number of hydrogen-bond donors (Lipinski definition) is 2. The lowest BCUT2D eigenvalue weighted by molar-refractivity contribution is -0.121. The molecule has 1 aromatic rings. The smallest absolute Gasteiger partial charge is 0.237 e. The van der Waals surface area contributed by atoms with E-state index < -0.39 is 5.82 Å². The molecular formula is C10H10FN3O2. The van der Waals surface area contributed by atoms with Crippen molar-refractivity contribution in [2.45, 2.75) is 6.42 Å². The molecule has 0 bridgehead atoms. The summed E-state index contributed by atoms with van der Waals surface area (Å²) >= 11 is 0. The van der Waals surface area contributed by atoms with Gasteiger partial charge in [-0.2, -0.15) is 5.26 Å². The van der Waals surface area contributed by atoms with Crippen molar-refractivity contribution in [1.29, 1.82) is 5.26 Å². The van der Waals surface area contributed by atoms with Crippen molar-refractivity contribution in [2.75, 3.05) is 6.61 Å². The third-order valence-electron chi connectivity index (χ3n) is 1.82. The summed E-state index contributed by atoms with van der Waals surface area (Å²) in [5.74, 6) is 4.11. The van der Waals surface area contributed by atoms with Gasteiger partial charge in [-0.25, -0.2) is 10.2 Å². The van der Waals surface area contributed by atoms with Crippen molar-refractivity contribution in [3.63, 3.8) is 0 Å². The quantitative estimate of drug-likeness (QED) is 0.441. The standard InChI is InChI=1S/C10H10FN3O2/c11-9-5-8(2-1-7(9)6-12)16-4-3-10(15)14-13/h1-2,5H,3-4,13H2,(H,14,15). The second-order valence-corrected chi connectivity index (χ2v) is 2.92. The Morgan fingerprint density at radius 1 is 1.62 bits per heavy atom. The zero-order valence-corrected chi connectivity index (χ0v) is 8.37. The number of halogens is 1. The van der Waals surface area contributed by atoms with Gasteiger partial charge >= 0.3 is 0 Å². The minimum atomic E-state index is -0.650. The number of nitriles is 1. The first-order valence-electron chi connectivity index (χ1n) is 4.49. The van der Waals surface area contributed by atoms with E-state index in [0.717, 1.165) is 6.07 Å². The molecule has 3 N–H and O–H groups in total. The maximum atomic E-state index is 13.1. The van der Waals surface area contributed by atoms with Crippen LogP contribution in [0.2, 0.25) is 0 Å². The maximum absolute atomic E-state index is 13.1.